The standard InChI is InChI=1S/C14H16ClNO3/c1-2-19-14(18)7-10-5-3-4-6-12(10)16-9-11(15)8-13(16)17/h3-6,11H,2,7-9H2,1H3. The van der Waals surface area contributed by atoms with E-state index in [4.69, 9.17) is 16.3 Å². The quantitative estimate of drug-likeness (QED) is 0.627. The molecule has 1 saturated heterocycles. The SMILES string of the molecule is CCOC(=O)Cc1ccccc1N1CC(Cl)CC1=O. The van der Waals surface area contributed by atoms with Gasteiger partial charge in [-0.1, -0.05) is 18.2 Å². The van der Waals surface area contributed by atoms with E-state index in [1.165, 1.54) is 0 Å². The number of benzene rings is 1. The molecule has 1 aromatic carbocycles. The van der Waals surface area contributed by atoms with Crippen molar-refractivity contribution in [2.24, 2.45) is 0 Å². The Morgan fingerprint density at radius 2 is 2.21 bits per heavy atom. The predicted molar refractivity (Wildman–Crippen MR) is 73.4 cm³/mol. The fourth-order valence-corrected chi connectivity index (χ4v) is 2.46. The second-order valence-corrected chi connectivity index (χ2v) is 5.03. The van der Waals surface area contributed by atoms with Crippen LogP contribution in [0.25, 0.3) is 0 Å². The van der Waals surface area contributed by atoms with E-state index in [-0.39, 0.29) is 23.7 Å². The number of anilines is 1. The van der Waals surface area contributed by atoms with Crippen LogP contribution < -0.4 is 4.90 Å². The van der Waals surface area contributed by atoms with Gasteiger partial charge in [0, 0.05) is 18.7 Å². The molecule has 0 aliphatic carbocycles. The van der Waals surface area contributed by atoms with Crippen molar-refractivity contribution in [2.75, 3.05) is 18.1 Å². The highest BCUT2D eigenvalue weighted by molar-refractivity contribution is 6.24. The Morgan fingerprint density at radius 3 is 2.84 bits per heavy atom. The number of alkyl halides is 1. The minimum absolute atomic E-state index is 0.00342. The Balaban J connectivity index is 2.21. The zero-order valence-electron chi connectivity index (χ0n) is 10.8. The number of hydrogen-bond donors (Lipinski definition) is 0. The van der Waals surface area contributed by atoms with Gasteiger partial charge in [0.1, 0.15) is 0 Å². The van der Waals surface area contributed by atoms with E-state index in [0.29, 0.717) is 19.6 Å². The van der Waals surface area contributed by atoms with E-state index in [2.05, 4.69) is 0 Å². The predicted octanol–water partition coefficient (Wildman–Crippen LogP) is 2.14. The number of hydrogen-bond acceptors (Lipinski definition) is 3. The number of nitrogens with zero attached hydrogens (tertiary/aromatic N) is 1. The summed E-state index contributed by atoms with van der Waals surface area (Å²) in [6.07, 6.45) is 0.510. The second-order valence-electron chi connectivity index (χ2n) is 4.42. The van der Waals surface area contributed by atoms with E-state index in [9.17, 15) is 9.59 Å². The summed E-state index contributed by atoms with van der Waals surface area (Å²) in [6, 6.07) is 7.36. The van der Waals surface area contributed by atoms with Gasteiger partial charge in [0.05, 0.1) is 18.4 Å². The lowest BCUT2D eigenvalue weighted by molar-refractivity contribution is -0.142. The van der Waals surface area contributed by atoms with Crippen molar-refractivity contribution in [1.82, 2.24) is 0 Å². The first-order chi connectivity index (χ1) is 9.11. The molecule has 19 heavy (non-hydrogen) atoms. The molecule has 0 bridgehead atoms. The van der Waals surface area contributed by atoms with Crippen LogP contribution in [0.3, 0.4) is 0 Å². The topological polar surface area (TPSA) is 46.6 Å². The molecular formula is C14H16ClNO3. The van der Waals surface area contributed by atoms with Crippen molar-refractivity contribution in [3.05, 3.63) is 29.8 Å². The van der Waals surface area contributed by atoms with Gasteiger partial charge in [-0.05, 0) is 18.6 Å². The minimum Gasteiger partial charge on any atom is -0.466 e. The molecule has 1 aliphatic rings. The number of para-hydroxylation sites is 1. The van der Waals surface area contributed by atoms with Crippen LogP contribution in [0.5, 0.6) is 0 Å². The summed E-state index contributed by atoms with van der Waals surface area (Å²) in [7, 11) is 0. The lowest BCUT2D eigenvalue weighted by Crippen LogP contribution is -2.26. The van der Waals surface area contributed by atoms with Crippen LogP contribution in [-0.4, -0.2) is 30.4 Å². The third-order valence-corrected chi connectivity index (χ3v) is 3.29. The molecule has 0 aromatic heterocycles. The van der Waals surface area contributed by atoms with E-state index in [0.717, 1.165) is 11.3 Å². The molecule has 1 heterocycles. The molecule has 1 aromatic rings. The van der Waals surface area contributed by atoms with Gasteiger partial charge in [0.2, 0.25) is 5.91 Å². The summed E-state index contributed by atoms with van der Waals surface area (Å²) >= 11 is 6.01. The Kier molecular flexibility index (Phi) is 4.43. The number of halogens is 1. The number of ether oxygens (including phenoxy) is 1. The average molecular weight is 282 g/mol. The van der Waals surface area contributed by atoms with Crippen LogP contribution in [0, 0.1) is 0 Å². The third-order valence-electron chi connectivity index (χ3n) is 3.00. The number of carbonyl (C=O) groups is 2. The van der Waals surface area contributed by atoms with Gasteiger partial charge in [0.25, 0.3) is 0 Å². The summed E-state index contributed by atoms with van der Waals surface area (Å²) in [5, 5.41) is -0.164. The van der Waals surface area contributed by atoms with Crippen molar-refractivity contribution in [2.45, 2.75) is 25.1 Å². The molecule has 2 rings (SSSR count). The maximum absolute atomic E-state index is 11.9. The van der Waals surface area contributed by atoms with Gasteiger partial charge >= 0.3 is 5.97 Å². The normalized spacial score (nSPS) is 18.7. The van der Waals surface area contributed by atoms with Gasteiger partial charge < -0.3 is 9.64 Å². The summed E-state index contributed by atoms with van der Waals surface area (Å²) in [6.45, 7) is 2.61. The Morgan fingerprint density at radius 1 is 1.47 bits per heavy atom. The molecule has 1 unspecified atom stereocenters. The molecule has 4 nitrogen and oxygen atoms in total. The average Bonchev–Trinajstić information content (AvgIpc) is 2.69. The van der Waals surface area contributed by atoms with Crippen molar-refractivity contribution in [1.29, 1.82) is 0 Å². The lowest BCUT2D eigenvalue weighted by atomic mass is 10.1. The first-order valence-corrected chi connectivity index (χ1v) is 6.73. The Labute approximate surface area is 117 Å². The fourth-order valence-electron chi connectivity index (χ4n) is 2.19. The van der Waals surface area contributed by atoms with Crippen LogP contribution in [0.2, 0.25) is 0 Å². The molecule has 102 valence electrons. The summed E-state index contributed by atoms with van der Waals surface area (Å²) < 4.78 is 4.94. The molecule has 1 fully saturated rings. The highest BCUT2D eigenvalue weighted by atomic mass is 35.5. The monoisotopic (exact) mass is 281 g/mol. The maximum Gasteiger partial charge on any atom is 0.310 e. The van der Waals surface area contributed by atoms with Gasteiger partial charge in [-0.25, -0.2) is 0 Å². The lowest BCUT2D eigenvalue weighted by Gasteiger charge is -2.19. The molecular weight excluding hydrogens is 266 g/mol. The van der Waals surface area contributed by atoms with E-state index < -0.39 is 0 Å². The van der Waals surface area contributed by atoms with E-state index in [1.807, 2.05) is 24.3 Å². The molecule has 0 spiro atoms. The highest BCUT2D eigenvalue weighted by Crippen LogP contribution is 2.27. The fraction of sp³-hybridized carbons (Fsp3) is 0.429. The van der Waals surface area contributed by atoms with Crippen LogP contribution in [0.15, 0.2) is 24.3 Å². The zero-order chi connectivity index (χ0) is 13.8. The van der Waals surface area contributed by atoms with Gasteiger partial charge in [0.15, 0.2) is 0 Å². The molecule has 0 radical (unpaired) electrons. The third kappa shape index (κ3) is 3.26. The number of carbonyl (C=O) groups excluding carboxylic acids is 2. The minimum atomic E-state index is -0.288. The van der Waals surface area contributed by atoms with Crippen LogP contribution in [0.1, 0.15) is 18.9 Å². The van der Waals surface area contributed by atoms with Crippen molar-refractivity contribution >= 4 is 29.2 Å². The van der Waals surface area contributed by atoms with Crippen LogP contribution >= 0.6 is 11.6 Å². The molecule has 1 amide bonds. The maximum atomic E-state index is 11.9. The van der Waals surface area contributed by atoms with Crippen LogP contribution in [-0.2, 0) is 20.7 Å². The van der Waals surface area contributed by atoms with E-state index in [1.54, 1.807) is 11.8 Å². The van der Waals surface area contributed by atoms with Gasteiger partial charge in [-0.15, -0.1) is 11.6 Å². The number of rotatable bonds is 4. The number of esters is 1. The first kappa shape index (κ1) is 13.9. The van der Waals surface area contributed by atoms with Gasteiger partial charge in [-0.3, -0.25) is 9.59 Å². The molecule has 0 saturated carbocycles. The summed E-state index contributed by atoms with van der Waals surface area (Å²) in [5.41, 5.74) is 1.55. The van der Waals surface area contributed by atoms with Crippen molar-refractivity contribution < 1.29 is 14.3 Å². The van der Waals surface area contributed by atoms with Gasteiger partial charge in [-0.2, -0.15) is 0 Å². The number of amides is 1. The zero-order valence-corrected chi connectivity index (χ0v) is 11.5. The summed E-state index contributed by atoms with van der Waals surface area (Å²) in [4.78, 5) is 25.1. The molecule has 5 heteroatoms. The molecule has 1 atom stereocenters. The smallest absolute Gasteiger partial charge is 0.310 e. The largest absolute Gasteiger partial charge is 0.466 e. The second kappa shape index (κ2) is 6.06. The van der Waals surface area contributed by atoms with Crippen molar-refractivity contribution in [3.8, 4) is 0 Å². The highest BCUT2D eigenvalue weighted by Gasteiger charge is 2.30. The Hall–Kier alpha value is -1.55. The van der Waals surface area contributed by atoms with Crippen molar-refractivity contribution in [3.63, 3.8) is 0 Å². The van der Waals surface area contributed by atoms with E-state index >= 15 is 0 Å². The summed E-state index contributed by atoms with van der Waals surface area (Å²) in [5.74, 6) is -0.291. The molecule has 0 N–H and O–H groups in total. The Bertz CT molecular complexity index is 489. The first-order valence-electron chi connectivity index (χ1n) is 6.29. The molecule has 1 aliphatic heterocycles. The van der Waals surface area contributed by atoms with Crippen LogP contribution in [0.4, 0.5) is 5.69 Å².